The fourth-order valence-corrected chi connectivity index (χ4v) is 5.15. The molecule has 1 aliphatic heterocycles. The molecule has 162 valence electrons. The number of hydrogen-bond donors (Lipinski definition) is 1. The SMILES string of the molecule is CC[C@@H](C)n1nccc1NC(=O)c1ccc(S(=O)(=O)N2CCc3ccccc3C2)cc1. The molecule has 1 aromatic heterocycles. The zero-order valence-electron chi connectivity index (χ0n) is 17.7. The van der Waals surface area contributed by atoms with Gasteiger partial charge in [-0.2, -0.15) is 9.40 Å². The third kappa shape index (κ3) is 4.26. The lowest BCUT2D eigenvalue weighted by atomic mass is 10.0. The lowest BCUT2D eigenvalue weighted by Crippen LogP contribution is -2.35. The highest BCUT2D eigenvalue weighted by molar-refractivity contribution is 7.89. The molecule has 1 N–H and O–H groups in total. The van der Waals surface area contributed by atoms with Crippen LogP contribution in [0.5, 0.6) is 0 Å². The Bertz CT molecular complexity index is 1190. The number of nitrogens with zero attached hydrogens (tertiary/aromatic N) is 3. The fourth-order valence-electron chi connectivity index (χ4n) is 3.73. The Morgan fingerprint density at radius 3 is 2.52 bits per heavy atom. The summed E-state index contributed by atoms with van der Waals surface area (Å²) in [5.41, 5.74) is 2.61. The minimum absolute atomic E-state index is 0.160. The molecule has 0 radical (unpaired) electrons. The third-order valence-corrected chi connectivity index (χ3v) is 7.63. The first-order chi connectivity index (χ1) is 14.9. The first-order valence-electron chi connectivity index (χ1n) is 10.4. The number of nitrogens with one attached hydrogen (secondary N) is 1. The quantitative estimate of drug-likeness (QED) is 0.633. The summed E-state index contributed by atoms with van der Waals surface area (Å²) in [5.74, 6) is 0.309. The second kappa shape index (κ2) is 8.64. The predicted octanol–water partition coefficient (Wildman–Crippen LogP) is 3.85. The molecule has 0 spiro atoms. The van der Waals surface area contributed by atoms with Gasteiger partial charge in [0.25, 0.3) is 5.91 Å². The van der Waals surface area contributed by atoms with E-state index in [0.29, 0.717) is 30.9 Å². The van der Waals surface area contributed by atoms with Crippen molar-refractivity contribution in [1.29, 1.82) is 0 Å². The van der Waals surface area contributed by atoms with Gasteiger partial charge in [0, 0.05) is 24.7 Å². The zero-order chi connectivity index (χ0) is 22.0. The second-order valence-corrected chi connectivity index (χ2v) is 9.69. The van der Waals surface area contributed by atoms with Crippen molar-refractivity contribution in [3.63, 3.8) is 0 Å². The van der Waals surface area contributed by atoms with Gasteiger partial charge in [0.15, 0.2) is 0 Å². The first kappa shape index (κ1) is 21.3. The van der Waals surface area contributed by atoms with Crippen LogP contribution < -0.4 is 5.32 Å². The number of sulfonamides is 1. The van der Waals surface area contributed by atoms with E-state index in [2.05, 4.69) is 17.3 Å². The van der Waals surface area contributed by atoms with E-state index < -0.39 is 10.0 Å². The van der Waals surface area contributed by atoms with Crippen LogP contribution in [-0.4, -0.2) is 35.0 Å². The molecule has 2 heterocycles. The van der Waals surface area contributed by atoms with E-state index in [1.807, 2.05) is 31.2 Å². The number of amides is 1. The average molecular weight is 439 g/mol. The first-order valence-corrected chi connectivity index (χ1v) is 11.9. The van der Waals surface area contributed by atoms with Gasteiger partial charge in [-0.05, 0) is 55.2 Å². The van der Waals surface area contributed by atoms with Gasteiger partial charge in [-0.25, -0.2) is 13.1 Å². The molecule has 0 bridgehead atoms. The van der Waals surface area contributed by atoms with E-state index in [4.69, 9.17) is 0 Å². The van der Waals surface area contributed by atoms with Crippen LogP contribution in [0.1, 0.15) is 47.8 Å². The highest BCUT2D eigenvalue weighted by Gasteiger charge is 2.28. The molecule has 31 heavy (non-hydrogen) atoms. The molecule has 7 nitrogen and oxygen atoms in total. The van der Waals surface area contributed by atoms with Gasteiger partial charge >= 0.3 is 0 Å². The normalized spacial score (nSPS) is 15.3. The van der Waals surface area contributed by atoms with E-state index in [1.54, 1.807) is 29.1 Å². The summed E-state index contributed by atoms with van der Waals surface area (Å²) in [6, 6.07) is 15.9. The van der Waals surface area contributed by atoms with Crippen LogP contribution in [0, 0.1) is 0 Å². The minimum atomic E-state index is -3.63. The molecule has 4 rings (SSSR count). The van der Waals surface area contributed by atoms with Gasteiger partial charge in [0.05, 0.1) is 17.1 Å². The average Bonchev–Trinajstić information content (AvgIpc) is 3.26. The standard InChI is InChI=1S/C23H26N4O3S/c1-3-17(2)27-22(12-14-24-27)25-23(28)19-8-10-21(11-9-19)31(29,30)26-15-13-18-6-4-5-7-20(18)16-26/h4-12,14,17H,3,13,15-16H2,1-2H3,(H,25,28)/t17-/m1/s1. The van der Waals surface area contributed by atoms with Crippen LogP contribution in [-0.2, 0) is 23.0 Å². The number of carbonyl (C=O) groups is 1. The second-order valence-electron chi connectivity index (χ2n) is 7.75. The molecule has 1 aliphatic rings. The van der Waals surface area contributed by atoms with Gasteiger partial charge < -0.3 is 5.32 Å². The monoisotopic (exact) mass is 438 g/mol. The van der Waals surface area contributed by atoms with E-state index in [0.717, 1.165) is 12.0 Å². The number of rotatable bonds is 6. The van der Waals surface area contributed by atoms with Crippen molar-refractivity contribution in [2.24, 2.45) is 0 Å². The maximum Gasteiger partial charge on any atom is 0.256 e. The molecule has 0 saturated carbocycles. The fraction of sp³-hybridized carbons (Fsp3) is 0.304. The van der Waals surface area contributed by atoms with Gasteiger partial charge in [0.2, 0.25) is 10.0 Å². The Labute approximate surface area is 182 Å². The zero-order valence-corrected chi connectivity index (χ0v) is 18.5. The van der Waals surface area contributed by atoms with Crippen LogP contribution in [0.4, 0.5) is 5.82 Å². The lowest BCUT2D eigenvalue weighted by molar-refractivity contribution is 0.102. The Hall–Kier alpha value is -2.97. The number of hydrogen-bond acceptors (Lipinski definition) is 4. The van der Waals surface area contributed by atoms with E-state index in [9.17, 15) is 13.2 Å². The smallest absolute Gasteiger partial charge is 0.256 e. The molecule has 0 aliphatic carbocycles. The Morgan fingerprint density at radius 2 is 1.81 bits per heavy atom. The molecule has 3 aromatic rings. The van der Waals surface area contributed by atoms with Crippen LogP contribution >= 0.6 is 0 Å². The van der Waals surface area contributed by atoms with E-state index >= 15 is 0 Å². The van der Waals surface area contributed by atoms with E-state index in [1.165, 1.54) is 22.0 Å². The molecule has 0 unspecified atom stereocenters. The van der Waals surface area contributed by atoms with Crippen LogP contribution in [0.25, 0.3) is 0 Å². The maximum absolute atomic E-state index is 13.1. The van der Waals surface area contributed by atoms with Crippen LogP contribution in [0.15, 0.2) is 65.7 Å². The maximum atomic E-state index is 13.1. The summed E-state index contributed by atoms with van der Waals surface area (Å²) in [6.07, 6.45) is 3.23. The van der Waals surface area contributed by atoms with E-state index in [-0.39, 0.29) is 16.8 Å². The van der Waals surface area contributed by atoms with Crippen LogP contribution in [0.2, 0.25) is 0 Å². The molecule has 1 atom stereocenters. The molecule has 0 fully saturated rings. The van der Waals surface area contributed by atoms with Crippen molar-refractivity contribution < 1.29 is 13.2 Å². The highest BCUT2D eigenvalue weighted by Crippen LogP contribution is 2.25. The van der Waals surface area contributed by atoms with Crippen molar-refractivity contribution in [3.8, 4) is 0 Å². The summed E-state index contributed by atoms with van der Waals surface area (Å²) >= 11 is 0. The van der Waals surface area contributed by atoms with Crippen molar-refractivity contribution in [3.05, 3.63) is 77.5 Å². The summed E-state index contributed by atoms with van der Waals surface area (Å²) in [6.45, 7) is 4.89. The van der Waals surface area contributed by atoms with Crippen molar-refractivity contribution in [2.75, 3.05) is 11.9 Å². The summed E-state index contributed by atoms with van der Waals surface area (Å²) in [4.78, 5) is 12.9. The summed E-state index contributed by atoms with van der Waals surface area (Å²) in [5, 5.41) is 7.12. The Kier molecular flexibility index (Phi) is 5.93. The third-order valence-electron chi connectivity index (χ3n) is 5.77. The molecular weight excluding hydrogens is 412 g/mol. The summed E-state index contributed by atoms with van der Waals surface area (Å²) in [7, 11) is -3.63. The van der Waals surface area contributed by atoms with Crippen molar-refractivity contribution in [1.82, 2.24) is 14.1 Å². The topological polar surface area (TPSA) is 84.3 Å². The van der Waals surface area contributed by atoms with Crippen LogP contribution in [0.3, 0.4) is 0 Å². The predicted molar refractivity (Wildman–Crippen MR) is 119 cm³/mol. The number of benzene rings is 2. The molecule has 8 heteroatoms. The molecule has 0 saturated heterocycles. The largest absolute Gasteiger partial charge is 0.307 e. The van der Waals surface area contributed by atoms with Crippen molar-refractivity contribution in [2.45, 2.75) is 44.2 Å². The lowest BCUT2D eigenvalue weighted by Gasteiger charge is -2.28. The number of aromatic nitrogens is 2. The molecule has 2 aromatic carbocycles. The van der Waals surface area contributed by atoms with Gasteiger partial charge in [0.1, 0.15) is 5.82 Å². The highest BCUT2D eigenvalue weighted by atomic mass is 32.2. The number of fused-ring (bicyclic) bond motifs is 1. The van der Waals surface area contributed by atoms with Crippen molar-refractivity contribution >= 4 is 21.7 Å². The Morgan fingerprint density at radius 1 is 1.10 bits per heavy atom. The van der Waals surface area contributed by atoms with Gasteiger partial charge in [-0.15, -0.1) is 0 Å². The molecule has 1 amide bonds. The number of carbonyl (C=O) groups excluding carboxylic acids is 1. The number of anilines is 1. The Balaban J connectivity index is 1.49. The van der Waals surface area contributed by atoms with Gasteiger partial charge in [-0.1, -0.05) is 31.2 Å². The minimum Gasteiger partial charge on any atom is -0.307 e. The molecular formula is C23H26N4O3S. The van der Waals surface area contributed by atoms with Gasteiger partial charge in [-0.3, -0.25) is 4.79 Å². The summed E-state index contributed by atoms with van der Waals surface area (Å²) < 4.78 is 29.5.